The Bertz CT molecular complexity index is 491. The molecule has 100 valence electrons. The number of esters is 1. The van der Waals surface area contributed by atoms with Gasteiger partial charge in [-0.15, -0.1) is 0 Å². The Morgan fingerprint density at radius 2 is 1.89 bits per heavy atom. The van der Waals surface area contributed by atoms with Gasteiger partial charge in [-0.05, 0) is 13.0 Å². The molecule has 0 saturated carbocycles. The summed E-state index contributed by atoms with van der Waals surface area (Å²) < 4.78 is 4.77. The van der Waals surface area contributed by atoms with Crippen LogP contribution < -0.4 is 0 Å². The molecule has 0 unspecified atom stereocenters. The Morgan fingerprint density at radius 3 is 2.47 bits per heavy atom. The summed E-state index contributed by atoms with van der Waals surface area (Å²) >= 11 is 0. The molecular weight excluding hydrogens is 246 g/mol. The van der Waals surface area contributed by atoms with Crippen LogP contribution in [-0.2, 0) is 19.2 Å². The molecule has 5 nitrogen and oxygen atoms in total. The Balaban J connectivity index is 2.91. The third kappa shape index (κ3) is 5.63. The van der Waals surface area contributed by atoms with Crippen molar-refractivity contribution in [3.8, 4) is 0 Å². The van der Waals surface area contributed by atoms with E-state index in [9.17, 15) is 9.59 Å². The molecule has 1 aromatic rings. The Morgan fingerprint density at radius 1 is 1.21 bits per heavy atom. The zero-order valence-electron chi connectivity index (χ0n) is 10.8. The summed E-state index contributed by atoms with van der Waals surface area (Å²) in [5.41, 5.74) is 1.09. The lowest BCUT2D eigenvalue weighted by molar-refractivity contribution is -0.141. The molecule has 0 N–H and O–H groups in total. The van der Waals surface area contributed by atoms with E-state index in [0.29, 0.717) is 12.3 Å². The van der Waals surface area contributed by atoms with Gasteiger partial charge in [-0.2, -0.15) is 0 Å². The first-order valence-electron chi connectivity index (χ1n) is 5.79. The van der Waals surface area contributed by atoms with Crippen LogP contribution in [0, 0.1) is 0 Å². The molecule has 0 spiro atoms. The summed E-state index contributed by atoms with van der Waals surface area (Å²) in [5.74, 6) is -1.01. The first kappa shape index (κ1) is 14.6. The number of nitrogens with zero attached hydrogens (tertiary/aromatic N) is 1. The molecule has 0 saturated heterocycles. The monoisotopic (exact) mass is 261 g/mol. The smallest absolute Gasteiger partial charge is 0.332 e. The summed E-state index contributed by atoms with van der Waals surface area (Å²) in [7, 11) is 0. The third-order valence-electron chi connectivity index (χ3n) is 2.01. The molecule has 0 aromatic heterocycles. The van der Waals surface area contributed by atoms with Crippen molar-refractivity contribution in [1.29, 1.82) is 0 Å². The second-order valence-electron chi connectivity index (χ2n) is 3.51. The van der Waals surface area contributed by atoms with E-state index in [1.165, 1.54) is 19.1 Å². The minimum atomic E-state index is -0.530. The number of carbonyl (C=O) groups excluding carboxylic acids is 2. The largest absolute Gasteiger partial charge is 0.463 e. The summed E-state index contributed by atoms with van der Waals surface area (Å²) in [4.78, 5) is 26.6. The van der Waals surface area contributed by atoms with Crippen molar-refractivity contribution in [2.45, 2.75) is 13.8 Å². The molecule has 0 aliphatic rings. The second-order valence-corrected chi connectivity index (χ2v) is 3.51. The molecule has 0 heterocycles. The van der Waals surface area contributed by atoms with Crippen LogP contribution in [0.3, 0.4) is 0 Å². The molecule has 1 rings (SSSR count). The first-order chi connectivity index (χ1) is 9.13. The number of ether oxygens (including phenoxy) is 1. The minimum absolute atomic E-state index is 0.297. The molecular formula is C14H15NO4. The predicted molar refractivity (Wildman–Crippen MR) is 70.5 cm³/mol. The third-order valence-corrected chi connectivity index (χ3v) is 2.01. The number of hydrogen-bond donors (Lipinski definition) is 0. The van der Waals surface area contributed by atoms with Crippen LogP contribution in [0.2, 0.25) is 0 Å². The van der Waals surface area contributed by atoms with Crippen LogP contribution in [0.15, 0.2) is 47.6 Å². The van der Waals surface area contributed by atoms with Gasteiger partial charge < -0.3 is 9.57 Å². The van der Waals surface area contributed by atoms with Gasteiger partial charge in [0.05, 0.1) is 6.61 Å². The van der Waals surface area contributed by atoms with E-state index in [-0.39, 0.29) is 0 Å². The fourth-order valence-electron chi connectivity index (χ4n) is 1.24. The van der Waals surface area contributed by atoms with E-state index in [0.717, 1.165) is 5.56 Å². The van der Waals surface area contributed by atoms with Gasteiger partial charge in [0.2, 0.25) is 0 Å². The van der Waals surface area contributed by atoms with Crippen LogP contribution in [0.4, 0.5) is 0 Å². The average molecular weight is 261 g/mol. The fourth-order valence-corrected chi connectivity index (χ4v) is 1.24. The fraction of sp³-hybridized carbons (Fsp3) is 0.214. The highest BCUT2D eigenvalue weighted by molar-refractivity contribution is 6.10. The maximum Gasteiger partial charge on any atom is 0.332 e. The molecule has 0 atom stereocenters. The van der Waals surface area contributed by atoms with Gasteiger partial charge in [0.15, 0.2) is 0 Å². The highest BCUT2D eigenvalue weighted by Gasteiger charge is 2.03. The van der Waals surface area contributed by atoms with Crippen molar-refractivity contribution >= 4 is 17.7 Å². The quantitative estimate of drug-likeness (QED) is 0.267. The van der Waals surface area contributed by atoms with Crippen LogP contribution in [-0.4, -0.2) is 24.3 Å². The van der Waals surface area contributed by atoms with Crippen LogP contribution >= 0.6 is 0 Å². The Kier molecular flexibility index (Phi) is 6.02. The summed E-state index contributed by atoms with van der Waals surface area (Å²) in [6.07, 6.45) is 2.68. The number of carbonyl (C=O) groups is 2. The lowest BCUT2D eigenvalue weighted by Crippen LogP contribution is -2.04. The zero-order chi connectivity index (χ0) is 14.1. The lowest BCUT2D eigenvalue weighted by Gasteiger charge is -2.01. The number of oxime groups is 1. The number of benzene rings is 1. The van der Waals surface area contributed by atoms with Crippen molar-refractivity contribution in [3.63, 3.8) is 0 Å². The number of allylic oxidation sites excluding steroid dienone is 1. The van der Waals surface area contributed by atoms with Crippen LogP contribution in [0.25, 0.3) is 0 Å². The highest BCUT2D eigenvalue weighted by atomic mass is 16.7. The topological polar surface area (TPSA) is 65.0 Å². The zero-order valence-corrected chi connectivity index (χ0v) is 10.8. The molecule has 5 heteroatoms. The average Bonchev–Trinajstić information content (AvgIpc) is 2.40. The molecule has 0 aliphatic heterocycles. The second kappa shape index (κ2) is 7.81. The molecule has 0 amide bonds. The van der Waals surface area contributed by atoms with Gasteiger partial charge in [0.25, 0.3) is 0 Å². The lowest BCUT2D eigenvalue weighted by atomic mass is 10.1. The van der Waals surface area contributed by atoms with E-state index >= 15 is 0 Å². The van der Waals surface area contributed by atoms with Crippen molar-refractivity contribution in [1.82, 2.24) is 0 Å². The maximum absolute atomic E-state index is 11.2. The summed E-state index contributed by atoms with van der Waals surface area (Å²) in [6, 6.07) is 9.06. The SMILES string of the molecule is CCOC(=O)/C=C/C(=N\OC(C)=O)c1ccccc1. The molecule has 0 bridgehead atoms. The van der Waals surface area contributed by atoms with Gasteiger partial charge in [-0.3, -0.25) is 0 Å². The predicted octanol–water partition coefficient (Wildman–Crippen LogP) is 2.07. The van der Waals surface area contributed by atoms with Crippen molar-refractivity contribution in [2.24, 2.45) is 5.16 Å². The normalized spacial score (nSPS) is 11.4. The van der Waals surface area contributed by atoms with Gasteiger partial charge in [0.1, 0.15) is 5.71 Å². The van der Waals surface area contributed by atoms with E-state index in [1.54, 1.807) is 19.1 Å². The summed E-state index contributed by atoms with van der Waals surface area (Å²) in [6.45, 7) is 3.27. The first-order valence-corrected chi connectivity index (χ1v) is 5.79. The standard InChI is InChI=1S/C14H15NO4/c1-3-18-14(17)10-9-13(15-19-11(2)16)12-7-5-4-6-8-12/h4-10H,3H2,1-2H3/b10-9+,15-13+. The van der Waals surface area contributed by atoms with Crippen LogP contribution in [0.5, 0.6) is 0 Å². The van der Waals surface area contributed by atoms with E-state index < -0.39 is 11.9 Å². The maximum atomic E-state index is 11.2. The molecule has 1 aromatic carbocycles. The van der Waals surface area contributed by atoms with Gasteiger partial charge in [0, 0.05) is 18.6 Å². The minimum Gasteiger partial charge on any atom is -0.463 e. The van der Waals surface area contributed by atoms with Gasteiger partial charge in [-0.1, -0.05) is 35.5 Å². The number of rotatable bonds is 5. The van der Waals surface area contributed by atoms with Crippen molar-refractivity contribution in [2.75, 3.05) is 6.61 Å². The highest BCUT2D eigenvalue weighted by Crippen LogP contribution is 2.03. The molecule has 0 aliphatic carbocycles. The molecule has 19 heavy (non-hydrogen) atoms. The van der Waals surface area contributed by atoms with E-state index in [4.69, 9.17) is 4.74 Å². The van der Waals surface area contributed by atoms with Gasteiger partial charge >= 0.3 is 11.9 Å². The van der Waals surface area contributed by atoms with E-state index in [2.05, 4.69) is 9.99 Å². The van der Waals surface area contributed by atoms with Crippen molar-refractivity contribution in [3.05, 3.63) is 48.0 Å². The summed E-state index contributed by atoms with van der Waals surface area (Å²) in [5, 5.41) is 3.70. The number of hydrogen-bond acceptors (Lipinski definition) is 5. The Labute approximate surface area is 111 Å². The van der Waals surface area contributed by atoms with Gasteiger partial charge in [-0.25, -0.2) is 9.59 Å². The molecule has 0 radical (unpaired) electrons. The Hall–Kier alpha value is -2.43. The van der Waals surface area contributed by atoms with Crippen LogP contribution in [0.1, 0.15) is 19.4 Å². The van der Waals surface area contributed by atoms with E-state index in [1.807, 2.05) is 18.2 Å². The van der Waals surface area contributed by atoms with Crippen molar-refractivity contribution < 1.29 is 19.2 Å². The molecule has 0 fully saturated rings.